The highest BCUT2D eigenvalue weighted by Gasteiger charge is 2.25. The van der Waals surface area contributed by atoms with Crippen LogP contribution in [0.25, 0.3) is 0 Å². The number of amides is 1. The molecule has 1 fully saturated rings. The van der Waals surface area contributed by atoms with E-state index in [1.165, 1.54) is 0 Å². The second kappa shape index (κ2) is 5.82. The van der Waals surface area contributed by atoms with Gasteiger partial charge in [-0.15, -0.1) is 0 Å². The molecule has 0 aromatic carbocycles. The van der Waals surface area contributed by atoms with E-state index in [9.17, 15) is 4.79 Å². The number of aromatic nitrogens is 1. The van der Waals surface area contributed by atoms with Gasteiger partial charge in [0, 0.05) is 18.8 Å². The third-order valence-corrected chi connectivity index (χ3v) is 3.27. The van der Waals surface area contributed by atoms with E-state index in [2.05, 4.69) is 10.3 Å². The highest BCUT2D eigenvalue weighted by molar-refractivity contribution is 5.78. The number of nitrogens with one attached hydrogen (secondary N) is 1. The minimum Gasteiger partial charge on any atom is -0.397 e. The smallest absolute Gasteiger partial charge is 0.226 e. The number of carbonyl (C=O) groups excluding carboxylic acids is 1. The first-order valence-electron chi connectivity index (χ1n) is 6.20. The van der Waals surface area contributed by atoms with Crippen molar-refractivity contribution in [1.29, 1.82) is 0 Å². The number of hydrogen-bond acceptors (Lipinski definition) is 4. The molecular weight excluding hydrogens is 230 g/mol. The quantitative estimate of drug-likeness (QED) is 0.830. The lowest BCUT2D eigenvalue weighted by molar-refractivity contribution is -0.121. The molecule has 0 radical (unpaired) electrons. The average Bonchev–Trinajstić information content (AvgIpc) is 2.79. The summed E-state index contributed by atoms with van der Waals surface area (Å²) in [5, 5.41) is 3.02. The Hall–Kier alpha value is -1.62. The molecule has 2 atom stereocenters. The number of methoxy groups -OCH3 is 1. The van der Waals surface area contributed by atoms with Crippen LogP contribution in [0.15, 0.2) is 18.3 Å². The molecule has 1 aromatic heterocycles. The zero-order valence-corrected chi connectivity index (χ0v) is 10.6. The molecule has 0 saturated heterocycles. The monoisotopic (exact) mass is 249 g/mol. The van der Waals surface area contributed by atoms with Crippen LogP contribution in [0.5, 0.6) is 0 Å². The van der Waals surface area contributed by atoms with Gasteiger partial charge in [0.05, 0.1) is 24.4 Å². The number of nitrogens with two attached hydrogens (primary N) is 1. The molecule has 1 heterocycles. The number of ether oxygens (including phenoxy) is 1. The third-order valence-electron chi connectivity index (χ3n) is 3.27. The Labute approximate surface area is 107 Å². The molecule has 5 heteroatoms. The van der Waals surface area contributed by atoms with E-state index >= 15 is 0 Å². The van der Waals surface area contributed by atoms with Gasteiger partial charge in [-0.05, 0) is 31.4 Å². The number of carbonyl (C=O) groups is 1. The summed E-state index contributed by atoms with van der Waals surface area (Å²) < 4.78 is 5.28. The van der Waals surface area contributed by atoms with E-state index in [1.54, 1.807) is 25.4 Å². The van der Waals surface area contributed by atoms with Crippen molar-refractivity contribution in [3.63, 3.8) is 0 Å². The first kappa shape index (κ1) is 12.8. The molecule has 2 rings (SSSR count). The molecule has 1 aliphatic carbocycles. The molecule has 1 saturated carbocycles. The second-order valence-corrected chi connectivity index (χ2v) is 4.69. The van der Waals surface area contributed by atoms with Crippen molar-refractivity contribution in [3.05, 3.63) is 24.0 Å². The van der Waals surface area contributed by atoms with Crippen LogP contribution in [0.1, 0.15) is 25.0 Å². The fraction of sp³-hybridized carbons (Fsp3) is 0.538. The first-order chi connectivity index (χ1) is 8.67. The molecule has 3 N–H and O–H groups in total. The summed E-state index contributed by atoms with van der Waals surface area (Å²) in [5.41, 5.74) is 6.89. The lowest BCUT2D eigenvalue weighted by atomic mass is 10.2. The van der Waals surface area contributed by atoms with Crippen molar-refractivity contribution in [3.8, 4) is 0 Å². The van der Waals surface area contributed by atoms with Crippen molar-refractivity contribution in [2.24, 2.45) is 0 Å². The highest BCUT2D eigenvalue weighted by Crippen LogP contribution is 2.21. The second-order valence-electron chi connectivity index (χ2n) is 4.69. The van der Waals surface area contributed by atoms with Crippen LogP contribution in [-0.2, 0) is 16.0 Å². The number of anilines is 1. The van der Waals surface area contributed by atoms with Crippen molar-refractivity contribution in [1.82, 2.24) is 10.3 Å². The van der Waals surface area contributed by atoms with E-state index in [0.29, 0.717) is 12.1 Å². The van der Waals surface area contributed by atoms with Crippen LogP contribution >= 0.6 is 0 Å². The normalized spacial score (nSPS) is 22.9. The van der Waals surface area contributed by atoms with Crippen LogP contribution in [-0.4, -0.2) is 30.1 Å². The van der Waals surface area contributed by atoms with Gasteiger partial charge in [-0.3, -0.25) is 9.78 Å². The molecule has 0 spiro atoms. The van der Waals surface area contributed by atoms with Gasteiger partial charge < -0.3 is 15.8 Å². The Balaban J connectivity index is 1.80. The van der Waals surface area contributed by atoms with Crippen molar-refractivity contribution in [2.45, 2.75) is 37.8 Å². The fourth-order valence-electron chi connectivity index (χ4n) is 2.27. The Kier molecular flexibility index (Phi) is 4.15. The zero-order valence-electron chi connectivity index (χ0n) is 10.6. The summed E-state index contributed by atoms with van der Waals surface area (Å²) in [6, 6.07) is 3.77. The van der Waals surface area contributed by atoms with Crippen molar-refractivity contribution >= 4 is 11.6 Å². The van der Waals surface area contributed by atoms with Crippen LogP contribution in [0.2, 0.25) is 0 Å². The minimum absolute atomic E-state index is 0.00836. The van der Waals surface area contributed by atoms with Gasteiger partial charge in [-0.1, -0.05) is 0 Å². The van der Waals surface area contributed by atoms with E-state index in [1.807, 2.05) is 0 Å². The van der Waals surface area contributed by atoms with Gasteiger partial charge >= 0.3 is 0 Å². The molecule has 1 amide bonds. The number of hydrogen-bond donors (Lipinski definition) is 2. The van der Waals surface area contributed by atoms with Crippen LogP contribution in [0.3, 0.4) is 0 Å². The Bertz CT molecular complexity index is 405. The van der Waals surface area contributed by atoms with Gasteiger partial charge in [0.25, 0.3) is 0 Å². The van der Waals surface area contributed by atoms with E-state index < -0.39 is 0 Å². The number of rotatable bonds is 4. The van der Waals surface area contributed by atoms with Gasteiger partial charge in [0.2, 0.25) is 5.91 Å². The van der Waals surface area contributed by atoms with Gasteiger partial charge in [-0.2, -0.15) is 0 Å². The predicted molar refractivity (Wildman–Crippen MR) is 68.9 cm³/mol. The largest absolute Gasteiger partial charge is 0.397 e. The van der Waals surface area contributed by atoms with Crippen LogP contribution in [0, 0.1) is 0 Å². The number of nitrogens with zero attached hydrogens (tertiary/aromatic N) is 1. The molecule has 18 heavy (non-hydrogen) atoms. The summed E-state index contributed by atoms with van der Waals surface area (Å²) in [4.78, 5) is 15.9. The lowest BCUT2D eigenvalue weighted by Crippen LogP contribution is -2.34. The number of nitrogen functional groups attached to an aromatic ring is 1. The van der Waals surface area contributed by atoms with Gasteiger partial charge in [0.15, 0.2) is 0 Å². The maximum atomic E-state index is 11.8. The van der Waals surface area contributed by atoms with Crippen molar-refractivity contribution in [2.75, 3.05) is 12.8 Å². The van der Waals surface area contributed by atoms with E-state index in [0.717, 1.165) is 25.0 Å². The molecule has 1 aromatic rings. The summed E-state index contributed by atoms with van der Waals surface area (Å²) in [6.07, 6.45) is 5.05. The maximum absolute atomic E-state index is 11.8. The van der Waals surface area contributed by atoms with Gasteiger partial charge in [-0.25, -0.2) is 0 Å². The standard InChI is InChI=1S/C13H19N3O2/c1-18-12-5-4-11(6-12)16-13(17)7-10-3-2-9(14)8-15-10/h2-3,8,11-12H,4-7,14H2,1H3,(H,16,17). The SMILES string of the molecule is COC1CCC(NC(=O)Cc2ccc(N)cn2)C1. The molecule has 98 valence electrons. The molecule has 2 unspecified atom stereocenters. The summed E-state index contributed by atoms with van der Waals surface area (Å²) in [7, 11) is 1.72. The Morgan fingerprint density at radius 2 is 2.39 bits per heavy atom. The minimum atomic E-state index is 0.00836. The lowest BCUT2D eigenvalue weighted by Gasteiger charge is -2.12. The maximum Gasteiger partial charge on any atom is 0.226 e. The van der Waals surface area contributed by atoms with Crippen LogP contribution < -0.4 is 11.1 Å². The molecule has 0 bridgehead atoms. The predicted octanol–water partition coefficient (Wildman–Crippen LogP) is 0.890. The third kappa shape index (κ3) is 3.43. The summed E-state index contributed by atoms with van der Waals surface area (Å²) >= 11 is 0. The van der Waals surface area contributed by atoms with Crippen molar-refractivity contribution < 1.29 is 9.53 Å². The zero-order chi connectivity index (χ0) is 13.0. The van der Waals surface area contributed by atoms with E-state index in [-0.39, 0.29) is 18.1 Å². The molecular formula is C13H19N3O2. The fourth-order valence-corrected chi connectivity index (χ4v) is 2.27. The highest BCUT2D eigenvalue weighted by atomic mass is 16.5. The molecule has 5 nitrogen and oxygen atoms in total. The Morgan fingerprint density at radius 3 is 3.00 bits per heavy atom. The molecule has 0 aliphatic heterocycles. The summed E-state index contributed by atoms with van der Waals surface area (Å²) in [6.45, 7) is 0. The van der Waals surface area contributed by atoms with Crippen LogP contribution in [0.4, 0.5) is 5.69 Å². The van der Waals surface area contributed by atoms with E-state index in [4.69, 9.17) is 10.5 Å². The van der Waals surface area contributed by atoms with Gasteiger partial charge in [0.1, 0.15) is 0 Å². The topological polar surface area (TPSA) is 77.2 Å². The molecule has 1 aliphatic rings. The summed E-state index contributed by atoms with van der Waals surface area (Å²) in [5.74, 6) is 0.00836. The first-order valence-corrected chi connectivity index (χ1v) is 6.20. The Morgan fingerprint density at radius 1 is 1.56 bits per heavy atom. The number of pyridine rings is 1. The average molecular weight is 249 g/mol.